The van der Waals surface area contributed by atoms with Crippen molar-refractivity contribution in [1.29, 1.82) is 0 Å². The van der Waals surface area contributed by atoms with E-state index >= 15 is 0 Å². The Morgan fingerprint density at radius 2 is 1.94 bits per heavy atom. The average Bonchev–Trinajstić information content (AvgIpc) is 2.98. The van der Waals surface area contributed by atoms with Crippen molar-refractivity contribution in [2.45, 2.75) is 13.3 Å². The van der Waals surface area contributed by atoms with Crippen molar-refractivity contribution >= 4 is 51.9 Å². The molecule has 1 fully saturated rings. The van der Waals surface area contributed by atoms with E-state index in [1.807, 2.05) is 13.0 Å². The van der Waals surface area contributed by atoms with Crippen LogP contribution in [0.15, 0.2) is 30.3 Å². The van der Waals surface area contributed by atoms with Crippen LogP contribution in [0.3, 0.4) is 0 Å². The summed E-state index contributed by atoms with van der Waals surface area (Å²) < 4.78 is 5.47. The molecule has 168 valence electrons. The molecule has 0 saturated carbocycles. The molecule has 0 spiro atoms. The zero-order valence-corrected chi connectivity index (χ0v) is 19.4. The largest absolute Gasteiger partial charge is 0.482 e. The summed E-state index contributed by atoms with van der Waals surface area (Å²) in [5.41, 5.74) is 2.16. The minimum absolute atomic E-state index is 0.209. The number of fused-ring (bicyclic) bond motifs is 1. The number of rotatable bonds is 5. The van der Waals surface area contributed by atoms with E-state index in [2.05, 4.69) is 32.1 Å². The third-order valence-corrected chi connectivity index (χ3v) is 5.76. The normalized spacial score (nSPS) is 14.9. The van der Waals surface area contributed by atoms with E-state index in [-0.39, 0.29) is 12.5 Å². The molecule has 4 rings (SSSR count). The monoisotopic (exact) mass is 474 g/mol. The SMILES string of the molecule is Cc1nc(N2CCCN(C)CC2)nc2ccc(NC(=O)COc3ccc(Cl)cc3Cl)nc12. The van der Waals surface area contributed by atoms with Crippen LogP contribution in [-0.4, -0.2) is 65.6 Å². The van der Waals surface area contributed by atoms with Crippen LogP contribution in [0.4, 0.5) is 11.8 Å². The van der Waals surface area contributed by atoms with Gasteiger partial charge in [-0.25, -0.2) is 15.0 Å². The highest BCUT2D eigenvalue weighted by Gasteiger charge is 2.17. The molecule has 8 nitrogen and oxygen atoms in total. The molecule has 3 aromatic rings. The first kappa shape index (κ1) is 22.5. The fourth-order valence-corrected chi connectivity index (χ4v) is 3.98. The molecule has 0 bridgehead atoms. The van der Waals surface area contributed by atoms with Crippen molar-refractivity contribution in [2.24, 2.45) is 0 Å². The fraction of sp³-hybridized carbons (Fsp3) is 0.364. The maximum Gasteiger partial charge on any atom is 0.263 e. The standard InChI is InChI=1S/C22H24Cl2N6O2/c1-14-21-17(26-22(25-14)30-9-3-8-29(2)10-11-30)5-7-19(28-21)27-20(31)13-32-18-6-4-15(23)12-16(18)24/h4-7,12H,3,8-11,13H2,1-2H3,(H,27,28,31). The van der Waals surface area contributed by atoms with Crippen LogP contribution < -0.4 is 15.0 Å². The Bertz CT molecular complexity index is 1140. The number of carbonyl (C=O) groups excluding carboxylic acids is 1. The van der Waals surface area contributed by atoms with Crippen LogP contribution in [0.1, 0.15) is 12.1 Å². The highest BCUT2D eigenvalue weighted by Crippen LogP contribution is 2.27. The molecule has 0 unspecified atom stereocenters. The lowest BCUT2D eigenvalue weighted by atomic mass is 10.3. The number of anilines is 2. The van der Waals surface area contributed by atoms with E-state index in [0.717, 1.165) is 49.8 Å². The quantitative estimate of drug-likeness (QED) is 0.601. The second-order valence-electron chi connectivity index (χ2n) is 7.73. The maximum atomic E-state index is 12.3. The van der Waals surface area contributed by atoms with Gasteiger partial charge in [-0.05, 0) is 57.3 Å². The van der Waals surface area contributed by atoms with Crippen LogP contribution in [-0.2, 0) is 4.79 Å². The number of nitrogens with zero attached hydrogens (tertiary/aromatic N) is 5. The number of pyridine rings is 1. The Kier molecular flexibility index (Phi) is 6.93. The number of nitrogens with one attached hydrogen (secondary N) is 1. The number of ether oxygens (including phenoxy) is 1. The third-order valence-electron chi connectivity index (χ3n) is 5.23. The zero-order valence-electron chi connectivity index (χ0n) is 17.9. The van der Waals surface area contributed by atoms with Crippen LogP contribution in [0.2, 0.25) is 10.0 Å². The van der Waals surface area contributed by atoms with Gasteiger partial charge >= 0.3 is 0 Å². The van der Waals surface area contributed by atoms with E-state index in [4.69, 9.17) is 32.9 Å². The predicted octanol–water partition coefficient (Wildman–Crippen LogP) is 3.80. The smallest absolute Gasteiger partial charge is 0.263 e. The first-order chi connectivity index (χ1) is 15.4. The summed E-state index contributed by atoms with van der Waals surface area (Å²) in [5.74, 6) is 1.15. The Balaban J connectivity index is 1.45. The Labute approximate surface area is 196 Å². The molecule has 3 heterocycles. The number of amides is 1. The van der Waals surface area contributed by atoms with Crippen LogP contribution in [0, 0.1) is 6.92 Å². The van der Waals surface area contributed by atoms with Gasteiger partial charge in [-0.3, -0.25) is 4.79 Å². The van der Waals surface area contributed by atoms with Gasteiger partial charge in [0.15, 0.2) is 6.61 Å². The number of aryl methyl sites for hydroxylation is 1. The van der Waals surface area contributed by atoms with Gasteiger partial charge in [0, 0.05) is 24.7 Å². The molecule has 2 aromatic heterocycles. The van der Waals surface area contributed by atoms with Gasteiger partial charge in [-0.1, -0.05) is 23.2 Å². The van der Waals surface area contributed by atoms with Crippen LogP contribution in [0.5, 0.6) is 5.75 Å². The number of hydrogen-bond acceptors (Lipinski definition) is 7. The van der Waals surface area contributed by atoms with Gasteiger partial charge in [0.25, 0.3) is 5.91 Å². The molecule has 1 saturated heterocycles. The van der Waals surface area contributed by atoms with E-state index in [1.54, 1.807) is 24.3 Å². The summed E-state index contributed by atoms with van der Waals surface area (Å²) in [6, 6.07) is 8.39. The minimum atomic E-state index is -0.355. The molecule has 10 heteroatoms. The highest BCUT2D eigenvalue weighted by molar-refractivity contribution is 6.35. The van der Waals surface area contributed by atoms with Crippen molar-refractivity contribution in [3.63, 3.8) is 0 Å². The minimum Gasteiger partial charge on any atom is -0.482 e. The molecule has 0 aliphatic carbocycles. The number of benzene rings is 1. The molecule has 1 amide bonds. The van der Waals surface area contributed by atoms with Gasteiger partial charge < -0.3 is 19.9 Å². The summed E-state index contributed by atoms with van der Waals surface area (Å²) in [7, 11) is 2.13. The third kappa shape index (κ3) is 5.38. The number of hydrogen-bond donors (Lipinski definition) is 1. The summed E-state index contributed by atoms with van der Waals surface area (Å²) in [5, 5.41) is 3.58. The number of likely N-dealkylation sites (N-methyl/N-ethyl adjacent to an activating group) is 1. The molecule has 32 heavy (non-hydrogen) atoms. The molecule has 0 atom stereocenters. The molecule has 1 N–H and O–H groups in total. The molecule has 1 aliphatic heterocycles. The van der Waals surface area contributed by atoms with E-state index in [1.165, 1.54) is 0 Å². The summed E-state index contributed by atoms with van der Waals surface area (Å²) in [6.07, 6.45) is 1.07. The highest BCUT2D eigenvalue weighted by atomic mass is 35.5. The van der Waals surface area contributed by atoms with Gasteiger partial charge in [0.1, 0.15) is 17.1 Å². The summed E-state index contributed by atoms with van der Waals surface area (Å²) in [4.78, 5) is 30.8. The topological polar surface area (TPSA) is 83.5 Å². The van der Waals surface area contributed by atoms with Crippen molar-refractivity contribution < 1.29 is 9.53 Å². The lowest BCUT2D eigenvalue weighted by Gasteiger charge is -2.21. The predicted molar refractivity (Wildman–Crippen MR) is 127 cm³/mol. The average molecular weight is 475 g/mol. The van der Waals surface area contributed by atoms with E-state index < -0.39 is 0 Å². The Hall–Kier alpha value is -2.68. The van der Waals surface area contributed by atoms with Crippen molar-refractivity contribution in [3.05, 3.63) is 46.1 Å². The first-order valence-corrected chi connectivity index (χ1v) is 11.1. The van der Waals surface area contributed by atoms with Gasteiger partial charge in [0.2, 0.25) is 5.95 Å². The van der Waals surface area contributed by atoms with Crippen molar-refractivity contribution in [3.8, 4) is 5.75 Å². The van der Waals surface area contributed by atoms with Crippen molar-refractivity contribution in [1.82, 2.24) is 19.9 Å². The second-order valence-corrected chi connectivity index (χ2v) is 8.57. The first-order valence-electron chi connectivity index (χ1n) is 10.4. The second kappa shape index (κ2) is 9.85. The molecule has 1 aromatic carbocycles. The lowest BCUT2D eigenvalue weighted by Crippen LogP contribution is -2.30. The summed E-state index contributed by atoms with van der Waals surface area (Å²) >= 11 is 11.9. The van der Waals surface area contributed by atoms with E-state index in [0.29, 0.717) is 27.1 Å². The molecular weight excluding hydrogens is 451 g/mol. The van der Waals surface area contributed by atoms with Crippen LogP contribution >= 0.6 is 23.2 Å². The van der Waals surface area contributed by atoms with Gasteiger partial charge in [-0.2, -0.15) is 0 Å². The number of halogens is 2. The molecule has 0 radical (unpaired) electrons. The van der Waals surface area contributed by atoms with Crippen molar-refractivity contribution in [2.75, 3.05) is 50.1 Å². The number of carbonyl (C=O) groups is 1. The van der Waals surface area contributed by atoms with Gasteiger partial charge in [0.05, 0.1) is 16.2 Å². The summed E-state index contributed by atoms with van der Waals surface area (Å²) in [6.45, 7) is 5.56. The zero-order chi connectivity index (χ0) is 22.7. The maximum absolute atomic E-state index is 12.3. The number of aromatic nitrogens is 3. The Morgan fingerprint density at radius 3 is 2.75 bits per heavy atom. The van der Waals surface area contributed by atoms with Crippen LogP contribution in [0.25, 0.3) is 11.0 Å². The van der Waals surface area contributed by atoms with E-state index in [9.17, 15) is 4.79 Å². The molecule has 1 aliphatic rings. The van der Waals surface area contributed by atoms with Gasteiger partial charge in [-0.15, -0.1) is 0 Å². The Morgan fingerprint density at radius 1 is 1.09 bits per heavy atom. The fourth-order valence-electron chi connectivity index (χ4n) is 3.52. The lowest BCUT2D eigenvalue weighted by molar-refractivity contribution is -0.118. The molecular formula is C22H24Cl2N6O2.